The first kappa shape index (κ1) is 13.4. The minimum Gasteiger partial charge on any atom is -0.265 e. The van der Waals surface area contributed by atoms with Gasteiger partial charge in [-0.1, -0.05) is 22.9 Å². The van der Waals surface area contributed by atoms with Crippen LogP contribution >= 0.6 is 22.9 Å². The molecule has 0 fully saturated rings. The van der Waals surface area contributed by atoms with E-state index in [0.29, 0.717) is 13.0 Å². The number of hydrogen-bond donors (Lipinski definition) is 1. The van der Waals surface area contributed by atoms with Crippen molar-refractivity contribution < 1.29 is 8.42 Å². The molecule has 2 heterocycles. The van der Waals surface area contributed by atoms with Crippen LogP contribution in [0.1, 0.15) is 5.56 Å². The summed E-state index contributed by atoms with van der Waals surface area (Å²) < 4.78 is 26.5. The number of aromatic nitrogens is 2. The molecular formula is C10H10ClN3O2S2. The Morgan fingerprint density at radius 2 is 2.06 bits per heavy atom. The molecule has 0 bridgehead atoms. The first-order valence-corrected chi connectivity index (χ1v) is 7.75. The van der Waals surface area contributed by atoms with Gasteiger partial charge in [-0.2, -0.15) is 0 Å². The second-order valence-corrected chi connectivity index (χ2v) is 7.04. The van der Waals surface area contributed by atoms with Crippen molar-refractivity contribution in [3.63, 3.8) is 0 Å². The van der Waals surface area contributed by atoms with E-state index in [4.69, 9.17) is 11.6 Å². The number of halogens is 1. The summed E-state index contributed by atoms with van der Waals surface area (Å²) in [6, 6.07) is 3.69. The normalized spacial score (nSPS) is 11.6. The number of nitrogens with one attached hydrogen (secondary N) is 1. The van der Waals surface area contributed by atoms with Crippen molar-refractivity contribution in [3.05, 3.63) is 40.8 Å². The largest absolute Gasteiger partial charge is 0.265 e. The molecular weight excluding hydrogens is 294 g/mol. The predicted molar refractivity (Wildman–Crippen MR) is 70.3 cm³/mol. The Balaban J connectivity index is 1.94. The molecule has 0 aromatic carbocycles. The van der Waals surface area contributed by atoms with Crippen LogP contribution in [0.25, 0.3) is 0 Å². The van der Waals surface area contributed by atoms with E-state index in [1.165, 1.54) is 6.20 Å². The van der Waals surface area contributed by atoms with E-state index in [9.17, 15) is 8.42 Å². The predicted octanol–water partition coefficient (Wildman–Crippen LogP) is 1.71. The summed E-state index contributed by atoms with van der Waals surface area (Å²) in [5.41, 5.74) is 1.02. The molecule has 8 heteroatoms. The van der Waals surface area contributed by atoms with Crippen LogP contribution in [-0.2, 0) is 16.4 Å². The smallest absolute Gasteiger partial charge is 0.251 e. The molecule has 0 saturated heterocycles. The van der Waals surface area contributed by atoms with E-state index in [2.05, 4.69) is 14.7 Å². The molecule has 0 radical (unpaired) electrons. The molecule has 0 atom stereocenters. The molecule has 2 rings (SSSR count). The van der Waals surface area contributed by atoms with Crippen molar-refractivity contribution in [1.29, 1.82) is 0 Å². The topological polar surface area (TPSA) is 72.0 Å². The number of hydrogen-bond acceptors (Lipinski definition) is 5. The molecule has 2 aromatic rings. The first-order valence-electron chi connectivity index (χ1n) is 5.08. The molecule has 0 aliphatic heterocycles. The van der Waals surface area contributed by atoms with Crippen LogP contribution in [0, 0.1) is 0 Å². The molecule has 18 heavy (non-hydrogen) atoms. The SMILES string of the molecule is O=S(=O)(NCCc1ccncc1)c1cnc(Cl)s1. The van der Waals surface area contributed by atoms with Gasteiger partial charge in [0.15, 0.2) is 8.68 Å². The number of thiazole rings is 1. The zero-order chi connectivity index (χ0) is 13.0. The maximum absolute atomic E-state index is 11.8. The van der Waals surface area contributed by atoms with Gasteiger partial charge in [0.05, 0.1) is 6.20 Å². The lowest BCUT2D eigenvalue weighted by Crippen LogP contribution is -2.25. The number of pyridine rings is 1. The molecule has 0 amide bonds. The van der Waals surface area contributed by atoms with Gasteiger partial charge in [-0.25, -0.2) is 18.1 Å². The number of rotatable bonds is 5. The van der Waals surface area contributed by atoms with Gasteiger partial charge in [0, 0.05) is 18.9 Å². The Kier molecular flexibility index (Phi) is 4.28. The highest BCUT2D eigenvalue weighted by atomic mass is 35.5. The molecule has 0 aliphatic rings. The maximum atomic E-state index is 11.8. The van der Waals surface area contributed by atoms with Crippen LogP contribution in [0.5, 0.6) is 0 Å². The zero-order valence-electron chi connectivity index (χ0n) is 9.21. The molecule has 96 valence electrons. The summed E-state index contributed by atoms with van der Waals surface area (Å²) in [7, 11) is -3.50. The molecule has 0 unspecified atom stereocenters. The lowest BCUT2D eigenvalue weighted by Gasteiger charge is -2.04. The molecule has 0 saturated carbocycles. The van der Waals surface area contributed by atoms with E-state index < -0.39 is 10.0 Å². The van der Waals surface area contributed by atoms with Crippen LogP contribution in [0.3, 0.4) is 0 Å². The van der Waals surface area contributed by atoms with Gasteiger partial charge < -0.3 is 0 Å². The fourth-order valence-electron chi connectivity index (χ4n) is 1.31. The summed E-state index contributed by atoms with van der Waals surface area (Å²) in [5, 5.41) is 0. The standard InChI is InChI=1S/C10H10ClN3O2S2/c11-10-13-7-9(17-10)18(15,16)14-6-3-8-1-4-12-5-2-8/h1-2,4-5,7,14H,3,6H2. The molecule has 0 aliphatic carbocycles. The van der Waals surface area contributed by atoms with Crippen LogP contribution in [0.15, 0.2) is 34.9 Å². The summed E-state index contributed by atoms with van der Waals surface area (Å²) in [6.07, 6.45) is 5.20. The van der Waals surface area contributed by atoms with Crippen molar-refractivity contribution in [2.45, 2.75) is 10.6 Å². The molecule has 2 aromatic heterocycles. The Morgan fingerprint density at radius 1 is 1.33 bits per heavy atom. The first-order chi connectivity index (χ1) is 8.58. The zero-order valence-corrected chi connectivity index (χ0v) is 11.6. The van der Waals surface area contributed by atoms with Gasteiger partial charge in [-0.3, -0.25) is 4.98 Å². The lowest BCUT2D eigenvalue weighted by atomic mass is 10.2. The van der Waals surface area contributed by atoms with Crippen LogP contribution in [-0.4, -0.2) is 24.9 Å². The molecule has 1 N–H and O–H groups in total. The quantitative estimate of drug-likeness (QED) is 0.913. The highest BCUT2D eigenvalue weighted by Crippen LogP contribution is 2.21. The third-order valence-electron chi connectivity index (χ3n) is 2.18. The van der Waals surface area contributed by atoms with Crippen molar-refractivity contribution in [3.8, 4) is 0 Å². The number of sulfonamides is 1. The summed E-state index contributed by atoms with van der Waals surface area (Å²) >= 11 is 6.54. The van der Waals surface area contributed by atoms with Crippen molar-refractivity contribution >= 4 is 33.0 Å². The lowest BCUT2D eigenvalue weighted by molar-refractivity contribution is 0.583. The van der Waals surface area contributed by atoms with Gasteiger partial charge in [-0.15, -0.1) is 0 Å². The average Bonchev–Trinajstić information content (AvgIpc) is 2.78. The van der Waals surface area contributed by atoms with Gasteiger partial charge in [0.2, 0.25) is 0 Å². The van der Waals surface area contributed by atoms with Crippen LogP contribution < -0.4 is 4.72 Å². The van der Waals surface area contributed by atoms with Crippen LogP contribution in [0.2, 0.25) is 4.47 Å². The third kappa shape index (κ3) is 3.49. The van der Waals surface area contributed by atoms with Crippen molar-refractivity contribution in [2.75, 3.05) is 6.54 Å². The van der Waals surface area contributed by atoms with Crippen molar-refractivity contribution in [2.24, 2.45) is 0 Å². The van der Waals surface area contributed by atoms with E-state index in [1.54, 1.807) is 12.4 Å². The van der Waals surface area contributed by atoms with Gasteiger partial charge >= 0.3 is 0 Å². The Morgan fingerprint density at radius 3 is 2.67 bits per heavy atom. The number of nitrogens with zero attached hydrogens (tertiary/aromatic N) is 2. The van der Waals surface area contributed by atoms with Crippen molar-refractivity contribution in [1.82, 2.24) is 14.7 Å². The molecule has 0 spiro atoms. The summed E-state index contributed by atoms with van der Waals surface area (Å²) in [6.45, 7) is 0.321. The van der Waals surface area contributed by atoms with E-state index in [-0.39, 0.29) is 8.68 Å². The van der Waals surface area contributed by atoms with Crippen LogP contribution in [0.4, 0.5) is 0 Å². The monoisotopic (exact) mass is 303 g/mol. The Bertz CT molecular complexity index is 613. The maximum Gasteiger partial charge on any atom is 0.251 e. The second-order valence-electron chi connectivity index (χ2n) is 3.44. The summed E-state index contributed by atoms with van der Waals surface area (Å²) in [4.78, 5) is 7.60. The fraction of sp³-hybridized carbons (Fsp3) is 0.200. The van der Waals surface area contributed by atoms with E-state index >= 15 is 0 Å². The Labute approximate surface area is 114 Å². The van der Waals surface area contributed by atoms with E-state index in [0.717, 1.165) is 16.9 Å². The third-order valence-corrected chi connectivity index (χ3v) is 5.21. The van der Waals surface area contributed by atoms with Gasteiger partial charge in [-0.05, 0) is 24.1 Å². The fourth-order valence-corrected chi connectivity index (χ4v) is 3.68. The van der Waals surface area contributed by atoms with E-state index in [1.807, 2.05) is 12.1 Å². The second kappa shape index (κ2) is 5.75. The minimum atomic E-state index is -3.50. The van der Waals surface area contributed by atoms with Gasteiger partial charge in [0.1, 0.15) is 0 Å². The highest BCUT2D eigenvalue weighted by Gasteiger charge is 2.16. The average molecular weight is 304 g/mol. The Hall–Kier alpha value is -1.02. The van der Waals surface area contributed by atoms with Gasteiger partial charge in [0.25, 0.3) is 10.0 Å². The molecule has 5 nitrogen and oxygen atoms in total. The highest BCUT2D eigenvalue weighted by molar-refractivity contribution is 7.91. The summed E-state index contributed by atoms with van der Waals surface area (Å²) in [5.74, 6) is 0. The minimum absolute atomic E-state index is 0.127.